The number of pyridine rings is 1. The van der Waals surface area contributed by atoms with E-state index in [0.29, 0.717) is 11.0 Å². The lowest BCUT2D eigenvalue weighted by atomic mass is 10.3. The van der Waals surface area contributed by atoms with Crippen molar-refractivity contribution < 1.29 is 8.78 Å². The zero-order valence-electron chi connectivity index (χ0n) is 6.40. The number of nitrogens with zero attached hydrogens (tertiary/aromatic N) is 1. The minimum Gasteiger partial charge on any atom is -0.397 e. The van der Waals surface area contributed by atoms with Crippen molar-refractivity contribution in [2.45, 2.75) is 11.8 Å². The second-order valence-electron chi connectivity index (χ2n) is 2.33. The molecule has 0 spiro atoms. The average molecular weight is 271 g/mol. The van der Waals surface area contributed by atoms with Gasteiger partial charge in [0.05, 0.1) is 16.4 Å². The molecule has 0 unspecified atom stereocenters. The Kier molecular flexibility index (Phi) is 3.44. The normalized spacial score (nSPS) is 10.8. The summed E-state index contributed by atoms with van der Waals surface area (Å²) in [6.07, 6.45) is -2.63. The Morgan fingerprint density at radius 2 is 2.23 bits per heavy atom. The highest BCUT2D eigenvalue weighted by Gasteiger charge is 2.14. The third kappa shape index (κ3) is 2.28. The third-order valence-electron chi connectivity index (χ3n) is 1.42. The van der Waals surface area contributed by atoms with Gasteiger partial charge in [0.15, 0.2) is 0 Å². The van der Waals surface area contributed by atoms with Crippen LogP contribution in [0.1, 0.15) is 17.8 Å². The van der Waals surface area contributed by atoms with E-state index in [9.17, 15) is 8.78 Å². The fourth-order valence-corrected chi connectivity index (χ4v) is 1.56. The average Bonchev–Trinajstić information content (AvgIpc) is 2.09. The molecule has 72 valence electrons. The van der Waals surface area contributed by atoms with Crippen molar-refractivity contribution in [1.29, 1.82) is 0 Å². The van der Waals surface area contributed by atoms with E-state index < -0.39 is 6.43 Å². The Morgan fingerprint density at radius 3 is 2.69 bits per heavy atom. The van der Waals surface area contributed by atoms with Crippen molar-refractivity contribution >= 4 is 33.2 Å². The molecule has 0 aromatic carbocycles. The highest BCUT2D eigenvalue weighted by Crippen LogP contribution is 2.28. The number of hydrogen-bond donors (Lipinski definition) is 1. The quantitative estimate of drug-likeness (QED) is 0.839. The Balaban J connectivity index is 3.22. The second-order valence-corrected chi connectivity index (χ2v) is 3.27. The second kappa shape index (κ2) is 4.19. The zero-order chi connectivity index (χ0) is 10.0. The summed E-state index contributed by atoms with van der Waals surface area (Å²) in [7, 11) is 0. The Hall–Kier alpha value is -0.420. The largest absolute Gasteiger partial charge is 0.397 e. The lowest BCUT2D eigenvalue weighted by molar-refractivity contribution is 0.146. The van der Waals surface area contributed by atoms with E-state index in [1.54, 1.807) is 0 Å². The molecule has 0 aliphatic carbocycles. The van der Waals surface area contributed by atoms with Crippen LogP contribution >= 0.6 is 27.5 Å². The molecule has 0 saturated heterocycles. The van der Waals surface area contributed by atoms with Gasteiger partial charge in [0.1, 0.15) is 5.69 Å². The molecule has 2 N–H and O–H groups in total. The maximum absolute atomic E-state index is 12.2. The van der Waals surface area contributed by atoms with E-state index in [0.717, 1.165) is 6.07 Å². The highest BCUT2D eigenvalue weighted by atomic mass is 79.9. The number of nitrogens with two attached hydrogens (primary N) is 1. The standard InChI is InChI=1S/C7H6BrClF2N2/c8-2-5-6(9)3(12)1-4(13-5)7(10)11/h1,7H,2H2,(H2,12,13). The molecule has 2 nitrogen and oxygen atoms in total. The summed E-state index contributed by atoms with van der Waals surface area (Å²) in [6, 6.07) is 1.08. The Morgan fingerprint density at radius 1 is 1.62 bits per heavy atom. The van der Waals surface area contributed by atoms with Crippen LogP contribution in [-0.4, -0.2) is 4.98 Å². The van der Waals surface area contributed by atoms with Crippen molar-refractivity contribution in [3.8, 4) is 0 Å². The van der Waals surface area contributed by atoms with Gasteiger partial charge >= 0.3 is 0 Å². The topological polar surface area (TPSA) is 38.9 Å². The maximum atomic E-state index is 12.2. The summed E-state index contributed by atoms with van der Waals surface area (Å²) in [5.74, 6) is 0. The molecule has 6 heteroatoms. The Labute approximate surface area is 87.2 Å². The predicted molar refractivity (Wildman–Crippen MR) is 51.2 cm³/mol. The van der Waals surface area contributed by atoms with Gasteiger partial charge in [-0.2, -0.15) is 0 Å². The van der Waals surface area contributed by atoms with Crippen LogP contribution in [-0.2, 0) is 5.33 Å². The molecule has 13 heavy (non-hydrogen) atoms. The molecule has 0 fully saturated rings. The van der Waals surface area contributed by atoms with Crippen molar-refractivity contribution in [3.05, 3.63) is 22.5 Å². The van der Waals surface area contributed by atoms with E-state index in [-0.39, 0.29) is 16.4 Å². The number of aromatic nitrogens is 1. The Bertz CT molecular complexity index is 320. The van der Waals surface area contributed by atoms with Crippen LogP contribution in [0.4, 0.5) is 14.5 Å². The molecule has 0 bridgehead atoms. The van der Waals surface area contributed by atoms with Crippen molar-refractivity contribution in [3.63, 3.8) is 0 Å². The number of halogens is 4. The van der Waals surface area contributed by atoms with Crippen LogP contribution < -0.4 is 5.73 Å². The van der Waals surface area contributed by atoms with Crippen LogP contribution in [0.25, 0.3) is 0 Å². The molecule has 1 aromatic heterocycles. The molecular formula is C7H6BrClF2N2. The van der Waals surface area contributed by atoms with E-state index in [4.69, 9.17) is 17.3 Å². The van der Waals surface area contributed by atoms with Gasteiger partial charge in [-0.25, -0.2) is 13.8 Å². The number of anilines is 1. The summed E-state index contributed by atoms with van der Waals surface area (Å²) in [6.45, 7) is 0. The smallest absolute Gasteiger partial charge is 0.280 e. The monoisotopic (exact) mass is 270 g/mol. The van der Waals surface area contributed by atoms with Crippen LogP contribution in [0.5, 0.6) is 0 Å². The highest BCUT2D eigenvalue weighted by molar-refractivity contribution is 9.08. The zero-order valence-corrected chi connectivity index (χ0v) is 8.74. The molecule has 0 amide bonds. The van der Waals surface area contributed by atoms with Gasteiger partial charge in [-0.3, -0.25) is 0 Å². The molecular weight excluding hydrogens is 265 g/mol. The van der Waals surface area contributed by atoms with E-state index >= 15 is 0 Å². The number of hydrogen-bond acceptors (Lipinski definition) is 2. The van der Waals surface area contributed by atoms with Gasteiger partial charge in [0.25, 0.3) is 6.43 Å². The fourth-order valence-electron chi connectivity index (χ4n) is 0.827. The first-order chi connectivity index (χ1) is 6.06. The summed E-state index contributed by atoms with van der Waals surface area (Å²) in [5, 5.41) is 0.526. The fraction of sp³-hybridized carbons (Fsp3) is 0.286. The first-order valence-electron chi connectivity index (χ1n) is 3.35. The molecule has 1 heterocycles. The first-order valence-corrected chi connectivity index (χ1v) is 4.85. The minimum atomic E-state index is -2.63. The molecule has 0 aliphatic heterocycles. The van der Waals surface area contributed by atoms with E-state index in [1.807, 2.05) is 0 Å². The predicted octanol–water partition coefficient (Wildman–Crippen LogP) is 3.15. The van der Waals surface area contributed by atoms with Crippen molar-refractivity contribution in [2.24, 2.45) is 0 Å². The molecule has 1 rings (SSSR count). The van der Waals surface area contributed by atoms with Gasteiger partial charge < -0.3 is 5.73 Å². The minimum absolute atomic E-state index is 0.126. The van der Waals surface area contributed by atoms with Crippen LogP contribution in [0.15, 0.2) is 6.07 Å². The SMILES string of the molecule is Nc1cc(C(F)F)nc(CBr)c1Cl. The van der Waals surface area contributed by atoms with Crippen LogP contribution in [0.3, 0.4) is 0 Å². The van der Waals surface area contributed by atoms with Gasteiger partial charge in [-0.1, -0.05) is 27.5 Å². The summed E-state index contributed by atoms with van der Waals surface area (Å²) < 4.78 is 24.4. The van der Waals surface area contributed by atoms with Gasteiger partial charge in [-0.05, 0) is 6.07 Å². The number of nitrogen functional groups attached to an aromatic ring is 1. The maximum Gasteiger partial charge on any atom is 0.280 e. The van der Waals surface area contributed by atoms with E-state index in [1.165, 1.54) is 0 Å². The summed E-state index contributed by atoms with van der Waals surface area (Å²) in [5.41, 5.74) is 5.51. The molecule has 0 atom stereocenters. The van der Waals surface area contributed by atoms with Gasteiger partial charge in [-0.15, -0.1) is 0 Å². The number of rotatable bonds is 2. The lowest BCUT2D eigenvalue weighted by Crippen LogP contribution is -1.99. The molecule has 0 radical (unpaired) electrons. The lowest BCUT2D eigenvalue weighted by Gasteiger charge is -2.06. The van der Waals surface area contributed by atoms with Gasteiger partial charge in [0, 0.05) is 5.33 Å². The summed E-state index contributed by atoms with van der Waals surface area (Å²) in [4.78, 5) is 3.64. The van der Waals surface area contributed by atoms with Gasteiger partial charge in [0.2, 0.25) is 0 Å². The molecule has 1 aromatic rings. The van der Waals surface area contributed by atoms with Crippen LogP contribution in [0, 0.1) is 0 Å². The first kappa shape index (κ1) is 10.7. The molecule has 0 saturated carbocycles. The summed E-state index contributed by atoms with van der Waals surface area (Å²) >= 11 is 8.79. The van der Waals surface area contributed by atoms with E-state index in [2.05, 4.69) is 20.9 Å². The van der Waals surface area contributed by atoms with Crippen LogP contribution in [0.2, 0.25) is 5.02 Å². The molecule has 0 aliphatic rings. The van der Waals surface area contributed by atoms with Crippen molar-refractivity contribution in [1.82, 2.24) is 4.98 Å². The van der Waals surface area contributed by atoms with Crippen molar-refractivity contribution in [2.75, 3.05) is 5.73 Å². The number of alkyl halides is 3. The third-order valence-corrected chi connectivity index (χ3v) is 2.39.